The first-order chi connectivity index (χ1) is 8.38. The quantitative estimate of drug-likeness (QED) is 0.940. The number of hydrogen-bond donors (Lipinski definition) is 1. The number of rotatable bonds is 3. The van der Waals surface area contributed by atoms with Crippen molar-refractivity contribution < 1.29 is 4.21 Å². The van der Waals surface area contributed by atoms with Crippen LogP contribution in [0.3, 0.4) is 0 Å². The van der Waals surface area contributed by atoms with E-state index < -0.39 is 11.0 Å². The normalized spacial score (nSPS) is 14.0. The highest BCUT2D eigenvalue weighted by atomic mass is 79.9. The van der Waals surface area contributed by atoms with Gasteiger partial charge in [-0.25, -0.2) is 13.9 Å². The third-order valence-electron chi connectivity index (χ3n) is 2.51. The number of aromatic nitrogens is 2. The highest BCUT2D eigenvalue weighted by Crippen LogP contribution is 2.17. The molecule has 2 aromatic rings. The van der Waals surface area contributed by atoms with Crippen molar-refractivity contribution in [3.63, 3.8) is 0 Å². The van der Waals surface area contributed by atoms with Gasteiger partial charge in [0, 0.05) is 10.7 Å². The maximum Gasteiger partial charge on any atom is 0.0996 e. The van der Waals surface area contributed by atoms with Gasteiger partial charge in [-0.1, -0.05) is 15.9 Å². The molecule has 0 amide bonds. The summed E-state index contributed by atoms with van der Waals surface area (Å²) in [6.45, 7) is 6.32. The molecule has 0 radical (unpaired) electrons. The molecule has 4 nitrogen and oxygen atoms in total. The van der Waals surface area contributed by atoms with E-state index in [4.69, 9.17) is 0 Å². The fourth-order valence-electron chi connectivity index (χ4n) is 1.50. The Morgan fingerprint density at radius 1 is 1.50 bits per heavy atom. The molecule has 2 rings (SSSR count). The Kier molecular flexibility index (Phi) is 3.89. The molecule has 0 aliphatic rings. The van der Waals surface area contributed by atoms with E-state index in [2.05, 4.69) is 25.6 Å². The SMILES string of the molecule is CC(C)(C)S(=O)NCc1ncn2ccc(Br)cc12. The van der Waals surface area contributed by atoms with Crippen molar-refractivity contribution in [3.8, 4) is 0 Å². The van der Waals surface area contributed by atoms with Crippen molar-refractivity contribution in [1.82, 2.24) is 14.1 Å². The molecule has 0 saturated carbocycles. The first-order valence-corrected chi connectivity index (χ1v) is 7.59. The summed E-state index contributed by atoms with van der Waals surface area (Å²) in [5.41, 5.74) is 1.91. The van der Waals surface area contributed by atoms with Crippen LogP contribution in [-0.4, -0.2) is 18.3 Å². The van der Waals surface area contributed by atoms with Gasteiger partial charge in [0.1, 0.15) is 0 Å². The van der Waals surface area contributed by atoms with E-state index in [0.717, 1.165) is 15.7 Å². The molecule has 18 heavy (non-hydrogen) atoms. The number of imidazole rings is 1. The van der Waals surface area contributed by atoms with Crippen molar-refractivity contribution in [2.24, 2.45) is 0 Å². The van der Waals surface area contributed by atoms with Crippen molar-refractivity contribution >= 4 is 32.4 Å². The summed E-state index contributed by atoms with van der Waals surface area (Å²) in [6.07, 6.45) is 3.70. The first kappa shape index (κ1) is 13.7. The minimum absolute atomic E-state index is 0.268. The average molecular weight is 330 g/mol. The largest absolute Gasteiger partial charge is 0.306 e. The van der Waals surface area contributed by atoms with Crippen LogP contribution in [0.5, 0.6) is 0 Å². The molecule has 1 unspecified atom stereocenters. The molecule has 2 aromatic heterocycles. The molecule has 1 atom stereocenters. The predicted octanol–water partition coefficient (Wildman–Crippen LogP) is 2.65. The number of nitrogens with one attached hydrogen (secondary N) is 1. The van der Waals surface area contributed by atoms with Crippen LogP contribution in [0.25, 0.3) is 5.52 Å². The molecule has 6 heteroatoms. The summed E-state index contributed by atoms with van der Waals surface area (Å²) < 4.78 is 17.6. The molecular weight excluding hydrogens is 314 g/mol. The summed E-state index contributed by atoms with van der Waals surface area (Å²) in [5.74, 6) is 0. The van der Waals surface area contributed by atoms with Crippen molar-refractivity contribution in [2.75, 3.05) is 0 Å². The molecular formula is C12H16BrN3OS. The van der Waals surface area contributed by atoms with Gasteiger partial charge in [0.05, 0.1) is 39.8 Å². The maximum atomic E-state index is 11.9. The van der Waals surface area contributed by atoms with Gasteiger partial charge in [-0.2, -0.15) is 0 Å². The zero-order chi connectivity index (χ0) is 13.3. The lowest BCUT2D eigenvalue weighted by atomic mass is 10.3. The molecule has 0 spiro atoms. The Balaban J connectivity index is 2.18. The van der Waals surface area contributed by atoms with Crippen LogP contribution < -0.4 is 4.72 Å². The van der Waals surface area contributed by atoms with E-state index in [1.807, 2.05) is 43.5 Å². The van der Waals surface area contributed by atoms with Gasteiger partial charge in [-0.3, -0.25) is 0 Å². The number of halogens is 1. The Morgan fingerprint density at radius 2 is 2.22 bits per heavy atom. The molecule has 0 aromatic carbocycles. The van der Waals surface area contributed by atoms with Crippen LogP contribution in [0.15, 0.2) is 29.1 Å². The second-order valence-corrected chi connectivity index (χ2v) is 8.00. The highest BCUT2D eigenvalue weighted by molar-refractivity contribution is 9.10. The molecule has 98 valence electrons. The van der Waals surface area contributed by atoms with Crippen molar-refractivity contribution in [3.05, 3.63) is 34.8 Å². The lowest BCUT2D eigenvalue weighted by Gasteiger charge is -2.17. The minimum Gasteiger partial charge on any atom is -0.306 e. The van der Waals surface area contributed by atoms with Crippen LogP contribution in [0, 0.1) is 0 Å². The van der Waals surface area contributed by atoms with Gasteiger partial charge < -0.3 is 4.40 Å². The number of nitrogens with zero attached hydrogens (tertiary/aromatic N) is 2. The average Bonchev–Trinajstić information content (AvgIpc) is 2.67. The standard InChI is InChI=1S/C12H16BrN3OS/c1-12(2,3)18(17)15-7-10-11-6-9(13)4-5-16(11)8-14-10/h4-6,8,15H,7H2,1-3H3. The topological polar surface area (TPSA) is 46.4 Å². The third-order valence-corrected chi connectivity index (χ3v) is 4.52. The second-order valence-electron chi connectivity index (χ2n) is 5.03. The van der Waals surface area contributed by atoms with Crippen LogP contribution in [0.4, 0.5) is 0 Å². The van der Waals surface area contributed by atoms with E-state index in [0.29, 0.717) is 6.54 Å². The monoisotopic (exact) mass is 329 g/mol. The van der Waals surface area contributed by atoms with Gasteiger partial charge in [0.15, 0.2) is 0 Å². The van der Waals surface area contributed by atoms with Gasteiger partial charge in [0.25, 0.3) is 0 Å². The Morgan fingerprint density at radius 3 is 2.89 bits per heavy atom. The lowest BCUT2D eigenvalue weighted by Crippen LogP contribution is -2.33. The van der Waals surface area contributed by atoms with E-state index in [-0.39, 0.29) is 4.75 Å². The summed E-state index contributed by atoms with van der Waals surface area (Å²) in [5, 5.41) is 0. The third kappa shape index (κ3) is 2.99. The molecule has 0 aliphatic carbocycles. The van der Waals surface area contributed by atoms with Gasteiger partial charge >= 0.3 is 0 Å². The lowest BCUT2D eigenvalue weighted by molar-refractivity contribution is 0.634. The molecule has 1 N–H and O–H groups in total. The van der Waals surface area contributed by atoms with E-state index in [9.17, 15) is 4.21 Å². The van der Waals surface area contributed by atoms with Gasteiger partial charge in [0.2, 0.25) is 0 Å². The maximum absolute atomic E-state index is 11.9. The molecule has 0 aliphatic heterocycles. The second kappa shape index (κ2) is 5.11. The fraction of sp³-hybridized carbons (Fsp3) is 0.417. The van der Waals surface area contributed by atoms with Gasteiger partial charge in [-0.05, 0) is 32.9 Å². The van der Waals surface area contributed by atoms with Crippen molar-refractivity contribution in [1.29, 1.82) is 0 Å². The minimum atomic E-state index is -1.08. The number of pyridine rings is 1. The van der Waals surface area contributed by atoms with E-state index in [1.165, 1.54) is 0 Å². The Labute approximate surface area is 118 Å². The predicted molar refractivity (Wildman–Crippen MR) is 77.6 cm³/mol. The Bertz CT molecular complexity index is 589. The molecule has 0 saturated heterocycles. The highest BCUT2D eigenvalue weighted by Gasteiger charge is 2.19. The Hall–Kier alpha value is -0.720. The number of fused-ring (bicyclic) bond motifs is 1. The summed E-state index contributed by atoms with van der Waals surface area (Å²) in [7, 11) is -1.08. The summed E-state index contributed by atoms with van der Waals surface area (Å²) in [6, 6.07) is 3.96. The van der Waals surface area contributed by atoms with Crippen LogP contribution >= 0.6 is 15.9 Å². The van der Waals surface area contributed by atoms with Crippen LogP contribution in [0.1, 0.15) is 26.5 Å². The molecule has 0 bridgehead atoms. The zero-order valence-corrected chi connectivity index (χ0v) is 13.0. The van der Waals surface area contributed by atoms with Crippen LogP contribution in [0.2, 0.25) is 0 Å². The molecule has 2 heterocycles. The van der Waals surface area contributed by atoms with E-state index in [1.54, 1.807) is 6.33 Å². The number of hydrogen-bond acceptors (Lipinski definition) is 2. The molecule has 0 fully saturated rings. The van der Waals surface area contributed by atoms with Gasteiger partial charge in [-0.15, -0.1) is 0 Å². The fourth-order valence-corrected chi connectivity index (χ4v) is 2.54. The summed E-state index contributed by atoms with van der Waals surface area (Å²) >= 11 is 3.44. The van der Waals surface area contributed by atoms with Crippen molar-refractivity contribution in [2.45, 2.75) is 32.1 Å². The van der Waals surface area contributed by atoms with E-state index >= 15 is 0 Å². The smallest absolute Gasteiger partial charge is 0.0996 e. The first-order valence-electron chi connectivity index (χ1n) is 5.64. The van der Waals surface area contributed by atoms with Crippen LogP contribution in [-0.2, 0) is 17.5 Å². The zero-order valence-electron chi connectivity index (χ0n) is 10.6. The summed E-state index contributed by atoms with van der Waals surface area (Å²) in [4.78, 5) is 4.34.